The Morgan fingerprint density at radius 2 is 1.55 bits per heavy atom. The van der Waals surface area contributed by atoms with Crippen molar-refractivity contribution >= 4 is 5.97 Å². The molecule has 0 aliphatic heterocycles. The summed E-state index contributed by atoms with van der Waals surface area (Å²) in [5.74, 6) is -0.348. The van der Waals surface area contributed by atoms with Crippen LogP contribution in [0.5, 0.6) is 17.2 Å². The van der Waals surface area contributed by atoms with E-state index in [9.17, 15) is 9.90 Å². The van der Waals surface area contributed by atoms with Crippen molar-refractivity contribution in [3.8, 4) is 17.2 Å². The van der Waals surface area contributed by atoms with Gasteiger partial charge in [0.05, 0.1) is 0 Å². The second kappa shape index (κ2) is 8.39. The average molecular weight is 354 g/mol. The molecule has 0 spiro atoms. The molecule has 0 aliphatic rings. The summed E-state index contributed by atoms with van der Waals surface area (Å²) >= 11 is 0. The fourth-order valence-corrected chi connectivity index (χ4v) is 1.74. The molecule has 2 N–H and O–H groups in total. The van der Waals surface area contributed by atoms with E-state index in [0.717, 1.165) is 11.3 Å². The molecule has 2 rings (SSSR count). The summed E-state index contributed by atoms with van der Waals surface area (Å²) in [7, 11) is 0. The van der Waals surface area contributed by atoms with Gasteiger partial charge in [-0.3, -0.25) is 0 Å². The quantitative estimate of drug-likeness (QED) is 0.617. The van der Waals surface area contributed by atoms with Crippen LogP contribution in [0.4, 0.5) is 0 Å². The number of hydrogen-bond donors (Lipinski definition) is 2. The van der Waals surface area contributed by atoms with Gasteiger partial charge < -0.3 is 19.7 Å². The summed E-state index contributed by atoms with van der Waals surface area (Å²) in [5.41, 5.74) is 1.01. The smallest absolute Gasteiger partial charge is 0.339 e. The molecule has 0 aromatic heterocycles. The molecular weight excluding hydrogens is 338 g/mol. The molecule has 2 aromatic rings. The van der Waals surface area contributed by atoms with Crippen molar-refractivity contribution in [3.63, 3.8) is 0 Å². The van der Waals surface area contributed by atoms with Gasteiger partial charge in [-0.1, -0.05) is 17.7 Å². The number of hydrogen-bond acceptors (Lipinski definition) is 4. The number of aryl methyl sites for hydroxylation is 1. The summed E-state index contributed by atoms with van der Waals surface area (Å²) < 4.78 is 10.9. The third-order valence-electron chi connectivity index (χ3n) is 2.84. The van der Waals surface area contributed by atoms with Gasteiger partial charge in [-0.15, -0.1) is 0 Å². The average Bonchev–Trinajstić information content (AvgIpc) is 2.45. The third kappa shape index (κ3) is 5.04. The van der Waals surface area contributed by atoms with Gasteiger partial charge >= 0.3 is 5.97 Å². The minimum absolute atomic E-state index is 0. The van der Waals surface area contributed by atoms with E-state index in [4.69, 9.17) is 14.6 Å². The van der Waals surface area contributed by atoms with Crippen molar-refractivity contribution in [2.75, 3.05) is 13.2 Å². The van der Waals surface area contributed by atoms with E-state index in [1.54, 1.807) is 0 Å². The Hall–Kier alpha value is -2.07. The van der Waals surface area contributed by atoms with Gasteiger partial charge in [0.25, 0.3) is 0 Å². The van der Waals surface area contributed by atoms with Crippen LogP contribution in [0.25, 0.3) is 0 Å². The van der Waals surface area contributed by atoms with E-state index in [1.807, 2.05) is 31.2 Å². The number of carboxylic acids is 1. The fraction of sp³-hybridized carbons (Fsp3) is 0.188. The Kier molecular flexibility index (Phi) is 6.86. The first kappa shape index (κ1) is 18.0. The molecule has 0 saturated carbocycles. The van der Waals surface area contributed by atoms with E-state index in [1.165, 1.54) is 18.2 Å². The predicted octanol–water partition coefficient (Wildman–Crippen LogP) is 2.85. The Balaban J connectivity index is 0.00000242. The first-order valence-corrected chi connectivity index (χ1v) is 6.45. The number of aromatic carboxylic acids is 1. The zero-order chi connectivity index (χ0) is 15.2. The van der Waals surface area contributed by atoms with Gasteiger partial charge in [0.1, 0.15) is 36.0 Å². The van der Waals surface area contributed by atoms with E-state index in [-0.39, 0.29) is 30.8 Å². The minimum atomic E-state index is -1.18. The summed E-state index contributed by atoms with van der Waals surface area (Å²) in [6.07, 6.45) is 0. The van der Waals surface area contributed by atoms with E-state index in [2.05, 4.69) is 0 Å². The molecule has 5 nitrogen and oxygen atoms in total. The Labute approximate surface area is 141 Å². The Morgan fingerprint density at radius 1 is 1.00 bits per heavy atom. The van der Waals surface area contributed by atoms with Crippen molar-refractivity contribution in [2.45, 2.75) is 6.92 Å². The molecule has 6 heteroatoms. The maximum absolute atomic E-state index is 10.8. The molecule has 0 bridgehead atoms. The number of aromatic hydroxyl groups is 1. The first-order valence-electron chi connectivity index (χ1n) is 6.45. The molecule has 0 amide bonds. The van der Waals surface area contributed by atoms with Gasteiger partial charge in [-0.2, -0.15) is 0 Å². The normalized spacial score (nSPS) is 9.68. The molecule has 0 unspecified atom stereocenters. The molecule has 0 fully saturated rings. The van der Waals surface area contributed by atoms with Crippen LogP contribution in [0.1, 0.15) is 15.9 Å². The monoisotopic (exact) mass is 352 g/mol. The number of ether oxygens (including phenoxy) is 2. The zero-order valence-electron chi connectivity index (χ0n) is 12.3. The van der Waals surface area contributed by atoms with Crippen molar-refractivity contribution in [1.82, 2.24) is 0 Å². The van der Waals surface area contributed by atoms with Crippen LogP contribution in [0.2, 0.25) is 0 Å². The van der Waals surface area contributed by atoms with Crippen LogP contribution in [0.3, 0.4) is 0 Å². The summed E-state index contributed by atoms with van der Waals surface area (Å²) in [4.78, 5) is 10.8. The molecule has 0 heterocycles. The molecule has 0 saturated heterocycles. The van der Waals surface area contributed by atoms with Gasteiger partial charge in [0, 0.05) is 25.5 Å². The second-order valence-electron chi connectivity index (χ2n) is 4.49. The molecule has 0 atom stereocenters. The van der Waals surface area contributed by atoms with Gasteiger partial charge in [0.15, 0.2) is 0 Å². The van der Waals surface area contributed by atoms with Crippen molar-refractivity contribution in [2.24, 2.45) is 0 Å². The van der Waals surface area contributed by atoms with E-state index >= 15 is 0 Å². The number of phenols is 1. The Morgan fingerprint density at radius 3 is 2.09 bits per heavy atom. The third-order valence-corrected chi connectivity index (χ3v) is 2.84. The van der Waals surface area contributed by atoms with Gasteiger partial charge in [-0.25, -0.2) is 4.79 Å². The van der Waals surface area contributed by atoms with Gasteiger partial charge in [0.2, 0.25) is 0 Å². The maximum atomic E-state index is 10.8. The zero-order valence-corrected chi connectivity index (χ0v) is 15.2. The predicted molar refractivity (Wildman–Crippen MR) is 77.2 cm³/mol. The van der Waals surface area contributed by atoms with Crippen molar-refractivity contribution in [3.05, 3.63) is 53.6 Å². The van der Waals surface area contributed by atoms with Crippen LogP contribution in [0, 0.1) is 6.92 Å². The van der Waals surface area contributed by atoms with E-state index in [0.29, 0.717) is 19.0 Å². The van der Waals surface area contributed by atoms with Crippen molar-refractivity contribution < 1.29 is 44.0 Å². The van der Waals surface area contributed by atoms with Crippen LogP contribution in [-0.4, -0.2) is 29.4 Å². The maximum Gasteiger partial charge on any atom is 0.339 e. The largest absolute Gasteiger partial charge is 0.507 e. The first-order chi connectivity index (χ1) is 10.1. The van der Waals surface area contributed by atoms with E-state index < -0.39 is 5.97 Å². The van der Waals surface area contributed by atoms with Crippen LogP contribution in [0.15, 0.2) is 42.5 Å². The molecular formula is C16H16O5Zn. The SMILES string of the molecule is Cc1ccc(OCCOc2ccc(C(=O)O)c(O)c2)cc1.[Zn]. The topological polar surface area (TPSA) is 76.0 Å². The number of carbonyl (C=O) groups is 1. The number of rotatable bonds is 6. The molecule has 112 valence electrons. The number of carboxylic acid groups (broad SMARTS) is 1. The molecule has 2 aromatic carbocycles. The van der Waals surface area contributed by atoms with Crippen LogP contribution >= 0.6 is 0 Å². The summed E-state index contributed by atoms with van der Waals surface area (Å²) in [6, 6.07) is 11.7. The minimum Gasteiger partial charge on any atom is -0.507 e. The standard InChI is InChI=1S/C16H16O5.Zn/c1-11-2-4-12(5-3-11)20-8-9-21-13-6-7-14(16(18)19)15(17)10-13;/h2-7,10,17H,8-9H2,1H3,(H,18,19);. The van der Waals surface area contributed by atoms with Crippen LogP contribution < -0.4 is 9.47 Å². The summed E-state index contributed by atoms with van der Waals surface area (Å²) in [6.45, 7) is 2.64. The fourth-order valence-electron chi connectivity index (χ4n) is 1.74. The number of benzene rings is 2. The molecule has 0 aliphatic carbocycles. The van der Waals surface area contributed by atoms with Gasteiger partial charge in [-0.05, 0) is 31.2 Å². The van der Waals surface area contributed by atoms with Crippen molar-refractivity contribution in [1.29, 1.82) is 0 Å². The van der Waals surface area contributed by atoms with Crippen LogP contribution in [-0.2, 0) is 19.5 Å². The molecule has 0 radical (unpaired) electrons. The second-order valence-corrected chi connectivity index (χ2v) is 4.49. The summed E-state index contributed by atoms with van der Waals surface area (Å²) in [5, 5.41) is 18.3. The Bertz CT molecular complexity index is 625. The molecule has 22 heavy (non-hydrogen) atoms.